The van der Waals surface area contributed by atoms with Crippen molar-refractivity contribution in [2.45, 2.75) is 13.5 Å². The molecule has 0 aromatic heterocycles. The molecule has 0 atom stereocenters. The highest BCUT2D eigenvalue weighted by Crippen LogP contribution is 2.28. The summed E-state index contributed by atoms with van der Waals surface area (Å²) in [7, 11) is 0. The molecule has 4 nitrogen and oxygen atoms in total. The SMILES string of the molecule is Cc1cccc(Cl)c1NCc1ccc(Cl)c([N+](=O)[O-])c1. The second-order valence-corrected chi connectivity index (χ2v) is 5.14. The van der Waals surface area contributed by atoms with Gasteiger partial charge in [0, 0.05) is 12.6 Å². The van der Waals surface area contributed by atoms with Crippen molar-refractivity contribution < 1.29 is 4.92 Å². The summed E-state index contributed by atoms with van der Waals surface area (Å²) >= 11 is 11.9. The van der Waals surface area contributed by atoms with E-state index in [0.29, 0.717) is 11.6 Å². The Morgan fingerprint density at radius 2 is 1.95 bits per heavy atom. The van der Waals surface area contributed by atoms with Crippen LogP contribution in [0.25, 0.3) is 0 Å². The summed E-state index contributed by atoms with van der Waals surface area (Å²) in [5, 5.41) is 14.8. The zero-order valence-electron chi connectivity index (χ0n) is 10.7. The summed E-state index contributed by atoms with van der Waals surface area (Å²) in [5.74, 6) is 0. The van der Waals surface area contributed by atoms with Crippen LogP contribution < -0.4 is 5.32 Å². The van der Waals surface area contributed by atoms with Crippen LogP contribution in [0.5, 0.6) is 0 Å². The van der Waals surface area contributed by atoms with Gasteiger partial charge >= 0.3 is 0 Å². The van der Waals surface area contributed by atoms with E-state index in [1.54, 1.807) is 12.1 Å². The molecule has 0 heterocycles. The van der Waals surface area contributed by atoms with E-state index in [1.807, 2.05) is 19.1 Å². The summed E-state index contributed by atoms with van der Waals surface area (Å²) in [6.07, 6.45) is 0. The Morgan fingerprint density at radius 3 is 2.60 bits per heavy atom. The van der Waals surface area contributed by atoms with Crippen LogP contribution in [0.2, 0.25) is 10.0 Å². The minimum Gasteiger partial charge on any atom is -0.380 e. The van der Waals surface area contributed by atoms with Crippen molar-refractivity contribution >= 4 is 34.6 Å². The number of rotatable bonds is 4. The first-order valence-corrected chi connectivity index (χ1v) is 6.66. The predicted octanol–water partition coefficient (Wildman–Crippen LogP) is 4.82. The molecule has 104 valence electrons. The lowest BCUT2D eigenvalue weighted by Gasteiger charge is -2.11. The minimum atomic E-state index is -0.493. The van der Waals surface area contributed by atoms with Gasteiger partial charge in [-0.1, -0.05) is 41.4 Å². The van der Waals surface area contributed by atoms with Crippen LogP contribution in [0, 0.1) is 17.0 Å². The monoisotopic (exact) mass is 310 g/mol. The Labute approximate surface area is 126 Å². The average Bonchev–Trinajstić information content (AvgIpc) is 2.39. The van der Waals surface area contributed by atoms with Crippen molar-refractivity contribution in [1.82, 2.24) is 0 Å². The zero-order chi connectivity index (χ0) is 14.7. The largest absolute Gasteiger partial charge is 0.380 e. The number of hydrogen-bond donors (Lipinski definition) is 1. The van der Waals surface area contributed by atoms with Crippen LogP contribution in [-0.2, 0) is 6.54 Å². The zero-order valence-corrected chi connectivity index (χ0v) is 12.2. The molecule has 0 amide bonds. The number of nitro groups is 1. The maximum atomic E-state index is 10.8. The van der Waals surface area contributed by atoms with Gasteiger partial charge in [-0.25, -0.2) is 0 Å². The molecule has 2 rings (SSSR count). The molecule has 2 aromatic carbocycles. The quantitative estimate of drug-likeness (QED) is 0.650. The van der Waals surface area contributed by atoms with Gasteiger partial charge in [0.25, 0.3) is 5.69 Å². The van der Waals surface area contributed by atoms with E-state index in [1.165, 1.54) is 12.1 Å². The van der Waals surface area contributed by atoms with Gasteiger partial charge in [0.05, 0.1) is 15.6 Å². The summed E-state index contributed by atoms with van der Waals surface area (Å²) in [4.78, 5) is 10.3. The molecule has 2 aromatic rings. The Morgan fingerprint density at radius 1 is 1.20 bits per heavy atom. The molecule has 0 spiro atoms. The summed E-state index contributed by atoms with van der Waals surface area (Å²) in [5.41, 5.74) is 2.51. The van der Waals surface area contributed by atoms with Crippen molar-refractivity contribution in [1.29, 1.82) is 0 Å². The van der Waals surface area contributed by atoms with Gasteiger partial charge in [-0.15, -0.1) is 0 Å². The molecule has 1 N–H and O–H groups in total. The molecular weight excluding hydrogens is 299 g/mol. The third-order valence-corrected chi connectivity index (χ3v) is 3.53. The van der Waals surface area contributed by atoms with Crippen molar-refractivity contribution in [3.8, 4) is 0 Å². The topological polar surface area (TPSA) is 55.2 Å². The minimum absolute atomic E-state index is 0.0955. The van der Waals surface area contributed by atoms with Crippen LogP contribution in [0.15, 0.2) is 36.4 Å². The smallest absolute Gasteiger partial charge is 0.288 e. The van der Waals surface area contributed by atoms with Crippen LogP contribution >= 0.6 is 23.2 Å². The van der Waals surface area contributed by atoms with Crippen LogP contribution in [-0.4, -0.2) is 4.92 Å². The van der Waals surface area contributed by atoms with E-state index in [0.717, 1.165) is 16.8 Å². The third-order valence-electron chi connectivity index (χ3n) is 2.90. The Hall–Kier alpha value is -1.78. The second kappa shape index (κ2) is 6.11. The summed E-state index contributed by atoms with van der Waals surface area (Å²) in [6.45, 7) is 2.38. The van der Waals surface area contributed by atoms with Crippen molar-refractivity contribution in [3.63, 3.8) is 0 Å². The van der Waals surface area contributed by atoms with E-state index in [9.17, 15) is 10.1 Å². The molecule has 0 aliphatic rings. The highest BCUT2D eigenvalue weighted by molar-refractivity contribution is 6.33. The first-order valence-electron chi connectivity index (χ1n) is 5.91. The fourth-order valence-corrected chi connectivity index (χ4v) is 2.33. The molecule has 0 aliphatic heterocycles. The molecular formula is C14H12Cl2N2O2. The van der Waals surface area contributed by atoms with Gasteiger partial charge in [-0.2, -0.15) is 0 Å². The molecule has 6 heteroatoms. The fourth-order valence-electron chi connectivity index (χ4n) is 1.85. The standard InChI is InChI=1S/C14H12Cl2N2O2/c1-9-3-2-4-12(16)14(9)17-8-10-5-6-11(15)13(7-10)18(19)20/h2-7,17H,8H2,1H3. The van der Waals surface area contributed by atoms with Gasteiger partial charge < -0.3 is 5.32 Å². The Bertz CT molecular complexity index is 639. The lowest BCUT2D eigenvalue weighted by Crippen LogP contribution is -2.02. The molecule has 0 unspecified atom stereocenters. The third kappa shape index (κ3) is 3.21. The lowest BCUT2D eigenvalue weighted by molar-refractivity contribution is -0.384. The maximum Gasteiger partial charge on any atom is 0.288 e. The van der Waals surface area contributed by atoms with Crippen LogP contribution in [0.4, 0.5) is 11.4 Å². The number of nitro benzene ring substituents is 1. The molecule has 0 radical (unpaired) electrons. The Kier molecular flexibility index (Phi) is 4.47. The predicted molar refractivity (Wildman–Crippen MR) is 81.6 cm³/mol. The van der Waals surface area contributed by atoms with Crippen LogP contribution in [0.3, 0.4) is 0 Å². The molecule has 0 aliphatic carbocycles. The molecule has 0 saturated carbocycles. The van der Waals surface area contributed by atoms with Gasteiger partial charge in [-0.05, 0) is 30.2 Å². The average molecular weight is 311 g/mol. The maximum absolute atomic E-state index is 10.8. The van der Waals surface area contributed by atoms with Crippen LogP contribution in [0.1, 0.15) is 11.1 Å². The van der Waals surface area contributed by atoms with Gasteiger partial charge in [0.15, 0.2) is 0 Å². The lowest BCUT2D eigenvalue weighted by atomic mass is 10.1. The number of para-hydroxylation sites is 1. The van der Waals surface area contributed by atoms with Gasteiger partial charge in [0.2, 0.25) is 0 Å². The van der Waals surface area contributed by atoms with Crippen molar-refractivity contribution in [3.05, 3.63) is 67.7 Å². The highest BCUT2D eigenvalue weighted by Gasteiger charge is 2.13. The van der Waals surface area contributed by atoms with Gasteiger partial charge in [-0.3, -0.25) is 10.1 Å². The van der Waals surface area contributed by atoms with E-state index in [4.69, 9.17) is 23.2 Å². The van der Waals surface area contributed by atoms with E-state index >= 15 is 0 Å². The highest BCUT2D eigenvalue weighted by atomic mass is 35.5. The first-order chi connectivity index (χ1) is 9.49. The molecule has 0 saturated heterocycles. The number of hydrogen-bond acceptors (Lipinski definition) is 3. The summed E-state index contributed by atoms with van der Waals surface area (Å²) < 4.78 is 0. The first kappa shape index (κ1) is 14.6. The number of nitrogens with zero attached hydrogens (tertiary/aromatic N) is 1. The van der Waals surface area contributed by atoms with Gasteiger partial charge in [0.1, 0.15) is 5.02 Å². The van der Waals surface area contributed by atoms with Crippen molar-refractivity contribution in [2.24, 2.45) is 0 Å². The number of benzene rings is 2. The van der Waals surface area contributed by atoms with E-state index in [-0.39, 0.29) is 10.7 Å². The van der Waals surface area contributed by atoms with E-state index in [2.05, 4.69) is 5.32 Å². The number of anilines is 1. The number of nitrogens with one attached hydrogen (secondary N) is 1. The summed E-state index contributed by atoms with van der Waals surface area (Å²) in [6, 6.07) is 10.3. The molecule has 0 bridgehead atoms. The number of halogens is 2. The normalized spacial score (nSPS) is 10.3. The molecule has 20 heavy (non-hydrogen) atoms. The molecule has 0 fully saturated rings. The second-order valence-electron chi connectivity index (χ2n) is 4.33. The fraction of sp³-hybridized carbons (Fsp3) is 0.143. The Balaban J connectivity index is 2.19. The van der Waals surface area contributed by atoms with E-state index < -0.39 is 4.92 Å². The van der Waals surface area contributed by atoms with Crippen molar-refractivity contribution in [2.75, 3.05) is 5.32 Å². The number of aryl methyl sites for hydroxylation is 1.